The third kappa shape index (κ3) is 7.84. The molecule has 0 fully saturated rings. The lowest BCUT2D eigenvalue weighted by Gasteiger charge is -2.10. The molecule has 0 aromatic heterocycles. The largest absolute Gasteiger partial charge is 0.494 e. The molecule has 0 N–H and O–H groups in total. The monoisotopic (exact) mass is 522 g/mol. The second-order valence-corrected chi connectivity index (χ2v) is 9.46. The Labute approximate surface area is 229 Å². The van der Waals surface area contributed by atoms with Crippen LogP contribution in [0.25, 0.3) is 10.8 Å². The number of carbonyl (C=O) groups is 2. The summed E-state index contributed by atoms with van der Waals surface area (Å²) in [5.74, 6) is 0.755. The number of nitrogens with zero attached hydrogens (tertiary/aromatic N) is 2. The third-order valence-electron chi connectivity index (χ3n) is 6.47. The van der Waals surface area contributed by atoms with Gasteiger partial charge in [0.25, 0.3) is 0 Å². The summed E-state index contributed by atoms with van der Waals surface area (Å²) in [7, 11) is 0. The number of rotatable bonds is 13. The third-order valence-corrected chi connectivity index (χ3v) is 6.47. The van der Waals surface area contributed by atoms with Crippen molar-refractivity contribution in [2.24, 2.45) is 10.2 Å². The number of Topliss-reactive ketones (excluding diaryl/α,β-unsaturated/α-hetero) is 1. The molecule has 0 heterocycles. The van der Waals surface area contributed by atoms with Gasteiger partial charge in [0.05, 0.1) is 23.5 Å². The van der Waals surface area contributed by atoms with Crippen LogP contribution in [-0.4, -0.2) is 18.4 Å². The average molecular weight is 523 g/mol. The zero-order valence-electron chi connectivity index (χ0n) is 22.6. The highest BCUT2D eigenvalue weighted by atomic mass is 16.5. The van der Waals surface area contributed by atoms with Crippen molar-refractivity contribution in [3.8, 4) is 11.5 Å². The smallest absolute Gasteiger partial charge is 0.343 e. The van der Waals surface area contributed by atoms with Crippen molar-refractivity contribution in [2.75, 3.05) is 6.61 Å². The zero-order chi connectivity index (χ0) is 27.5. The molecule has 0 aliphatic rings. The van der Waals surface area contributed by atoms with Gasteiger partial charge in [-0.1, -0.05) is 63.3 Å². The van der Waals surface area contributed by atoms with Crippen LogP contribution in [0.3, 0.4) is 0 Å². The number of hydrogen-bond donors (Lipinski definition) is 0. The van der Waals surface area contributed by atoms with Gasteiger partial charge < -0.3 is 9.47 Å². The highest BCUT2D eigenvalue weighted by molar-refractivity contribution is 6.00. The van der Waals surface area contributed by atoms with Crippen molar-refractivity contribution in [2.45, 2.75) is 52.4 Å². The molecular weight excluding hydrogens is 488 g/mol. The molecule has 6 nitrogen and oxygen atoms in total. The zero-order valence-corrected chi connectivity index (χ0v) is 22.6. The molecule has 4 aromatic carbocycles. The van der Waals surface area contributed by atoms with Crippen molar-refractivity contribution in [1.82, 2.24) is 0 Å². The fourth-order valence-electron chi connectivity index (χ4n) is 4.22. The van der Waals surface area contributed by atoms with Crippen LogP contribution in [0.2, 0.25) is 0 Å². The molecule has 0 bridgehead atoms. The normalized spacial score (nSPS) is 11.1. The molecule has 4 rings (SSSR count). The first kappa shape index (κ1) is 27.7. The summed E-state index contributed by atoms with van der Waals surface area (Å²) in [5, 5.41) is 10.3. The van der Waals surface area contributed by atoms with Gasteiger partial charge in [0.2, 0.25) is 0 Å². The summed E-state index contributed by atoms with van der Waals surface area (Å²) in [6.45, 7) is 4.42. The Balaban J connectivity index is 1.39. The van der Waals surface area contributed by atoms with Gasteiger partial charge in [0.1, 0.15) is 11.5 Å². The van der Waals surface area contributed by atoms with Gasteiger partial charge in [-0.25, -0.2) is 4.79 Å². The van der Waals surface area contributed by atoms with Gasteiger partial charge in [-0.15, -0.1) is 5.11 Å². The van der Waals surface area contributed by atoms with E-state index in [0.717, 1.165) is 22.9 Å². The number of unbranched alkanes of at least 4 members (excludes halogenated alkanes) is 5. The predicted octanol–water partition coefficient (Wildman–Crippen LogP) is 9.42. The van der Waals surface area contributed by atoms with Crippen LogP contribution in [0, 0.1) is 0 Å². The SMILES string of the molecule is CCCCCCCCOc1ccc(C(=O)Oc2ccc(N=Nc3ccc(C(C)=O)cc3)c3ccccc23)cc1. The fourth-order valence-corrected chi connectivity index (χ4v) is 4.22. The van der Waals surface area contributed by atoms with E-state index in [1.165, 1.54) is 39.0 Å². The molecule has 0 atom stereocenters. The Kier molecular flexibility index (Phi) is 9.95. The van der Waals surface area contributed by atoms with Gasteiger partial charge in [0.15, 0.2) is 5.78 Å². The number of ether oxygens (including phenoxy) is 2. The molecule has 4 aromatic rings. The second-order valence-electron chi connectivity index (χ2n) is 9.46. The number of esters is 1. The summed E-state index contributed by atoms with van der Waals surface area (Å²) >= 11 is 0. The second kappa shape index (κ2) is 14.0. The maximum atomic E-state index is 12.9. The van der Waals surface area contributed by atoms with Gasteiger partial charge >= 0.3 is 5.97 Å². The molecule has 0 unspecified atom stereocenters. The van der Waals surface area contributed by atoms with Crippen LogP contribution in [0.1, 0.15) is 73.1 Å². The Morgan fingerprint density at radius 1 is 0.692 bits per heavy atom. The Morgan fingerprint density at radius 3 is 2.08 bits per heavy atom. The molecule has 0 radical (unpaired) electrons. The minimum Gasteiger partial charge on any atom is -0.494 e. The van der Waals surface area contributed by atoms with E-state index in [9.17, 15) is 9.59 Å². The topological polar surface area (TPSA) is 77.3 Å². The number of benzene rings is 4. The summed E-state index contributed by atoms with van der Waals surface area (Å²) in [4.78, 5) is 24.4. The molecular formula is C33H34N2O4. The molecule has 6 heteroatoms. The minimum atomic E-state index is -0.442. The van der Waals surface area contributed by atoms with Crippen LogP contribution in [0.15, 0.2) is 95.2 Å². The van der Waals surface area contributed by atoms with Crippen molar-refractivity contribution in [3.05, 3.63) is 96.1 Å². The molecule has 0 aliphatic carbocycles. The molecule has 0 amide bonds. The Hall–Kier alpha value is -4.32. The summed E-state index contributed by atoms with van der Waals surface area (Å²) < 4.78 is 11.6. The van der Waals surface area contributed by atoms with E-state index in [1.807, 2.05) is 24.3 Å². The predicted molar refractivity (Wildman–Crippen MR) is 155 cm³/mol. The summed E-state index contributed by atoms with van der Waals surface area (Å²) in [6.07, 6.45) is 7.28. The van der Waals surface area contributed by atoms with Crippen LogP contribution in [-0.2, 0) is 0 Å². The maximum Gasteiger partial charge on any atom is 0.343 e. The van der Waals surface area contributed by atoms with Crippen molar-refractivity contribution < 1.29 is 19.1 Å². The van der Waals surface area contributed by atoms with Gasteiger partial charge in [-0.3, -0.25) is 4.79 Å². The van der Waals surface area contributed by atoms with Crippen LogP contribution in [0.5, 0.6) is 11.5 Å². The fraction of sp³-hybridized carbons (Fsp3) is 0.273. The minimum absolute atomic E-state index is 0.00222. The number of hydrogen-bond acceptors (Lipinski definition) is 6. The summed E-state index contributed by atoms with van der Waals surface area (Å²) in [6, 6.07) is 25.1. The van der Waals surface area contributed by atoms with Crippen molar-refractivity contribution >= 4 is 33.9 Å². The van der Waals surface area contributed by atoms with E-state index < -0.39 is 5.97 Å². The molecule has 0 spiro atoms. The number of carbonyl (C=O) groups excluding carboxylic acids is 2. The highest BCUT2D eigenvalue weighted by Gasteiger charge is 2.13. The van der Waals surface area contributed by atoms with Gasteiger partial charge in [-0.05, 0) is 74.0 Å². The Morgan fingerprint density at radius 2 is 1.36 bits per heavy atom. The number of fused-ring (bicyclic) bond motifs is 1. The quantitative estimate of drug-likeness (QED) is 0.0576. The van der Waals surface area contributed by atoms with E-state index in [4.69, 9.17) is 9.47 Å². The molecule has 0 saturated carbocycles. The highest BCUT2D eigenvalue weighted by Crippen LogP contribution is 2.34. The van der Waals surface area contributed by atoms with E-state index in [0.29, 0.717) is 34.9 Å². The Bertz CT molecular complexity index is 1430. The molecule has 0 saturated heterocycles. The van der Waals surface area contributed by atoms with Crippen LogP contribution >= 0.6 is 0 Å². The lowest BCUT2D eigenvalue weighted by molar-refractivity contribution is 0.0737. The van der Waals surface area contributed by atoms with Crippen LogP contribution < -0.4 is 9.47 Å². The van der Waals surface area contributed by atoms with Crippen molar-refractivity contribution in [3.63, 3.8) is 0 Å². The molecule has 200 valence electrons. The number of ketones is 1. The van der Waals surface area contributed by atoms with Crippen molar-refractivity contribution in [1.29, 1.82) is 0 Å². The first-order chi connectivity index (χ1) is 19.0. The van der Waals surface area contributed by atoms with E-state index in [1.54, 1.807) is 60.7 Å². The average Bonchev–Trinajstić information content (AvgIpc) is 2.96. The lowest BCUT2D eigenvalue weighted by atomic mass is 10.1. The summed E-state index contributed by atoms with van der Waals surface area (Å²) in [5.41, 5.74) is 2.36. The first-order valence-electron chi connectivity index (χ1n) is 13.5. The van der Waals surface area contributed by atoms with E-state index in [2.05, 4.69) is 17.2 Å². The standard InChI is InChI=1S/C33H34N2O4/c1-3-4-5-6-7-10-23-38-28-19-15-26(16-20-28)33(37)39-32-22-21-31(29-11-8-9-12-30(29)32)35-34-27-17-13-25(14-18-27)24(2)36/h8-9,11-22H,3-7,10,23H2,1-2H3. The van der Waals surface area contributed by atoms with Gasteiger partial charge in [0, 0.05) is 16.3 Å². The number of azo groups is 1. The lowest BCUT2D eigenvalue weighted by Crippen LogP contribution is -2.08. The van der Waals surface area contributed by atoms with E-state index >= 15 is 0 Å². The van der Waals surface area contributed by atoms with Crippen LogP contribution in [0.4, 0.5) is 11.4 Å². The molecule has 0 aliphatic heterocycles. The first-order valence-corrected chi connectivity index (χ1v) is 13.5. The van der Waals surface area contributed by atoms with E-state index in [-0.39, 0.29) is 5.78 Å². The van der Waals surface area contributed by atoms with Gasteiger partial charge in [-0.2, -0.15) is 5.11 Å². The maximum absolute atomic E-state index is 12.9. The molecule has 39 heavy (non-hydrogen) atoms.